The Hall–Kier alpha value is -4.21. The maximum Gasteiger partial charge on any atom is 0.321 e. The number of hydrogen-bond acceptors (Lipinski definition) is 4. The van der Waals surface area contributed by atoms with Crippen LogP contribution in [0.1, 0.15) is 29.9 Å². The van der Waals surface area contributed by atoms with Crippen LogP contribution in [-0.4, -0.2) is 70.3 Å². The summed E-state index contributed by atoms with van der Waals surface area (Å²) in [5, 5.41) is 13.9. The summed E-state index contributed by atoms with van der Waals surface area (Å²) in [7, 11) is 3.58. The molecule has 9 heteroatoms. The van der Waals surface area contributed by atoms with E-state index in [9.17, 15) is 19.1 Å². The SMILES string of the molecule is C[C@@H]1CN([C@@H](C)CO)C(=O)c2c(c3ccccc3n2C)-c2ccccc2CO[C@@H]1CN(C)C(=O)Nc1ccc(F)cc1. The standard InChI is InChI=1S/C33H37FN4O4/c1-21-17-38(22(2)19-39)32(40)31-30(27-11-7-8-12-28(27)37(31)4)26-10-6-5-9-23(26)20-42-29(21)18-36(3)33(41)35-25-15-13-24(34)14-16-25/h5-16,21-22,29,39H,17-20H2,1-4H3,(H,35,41)/t21-,22+,29-/m1/s1. The van der Waals surface area contributed by atoms with E-state index in [4.69, 9.17) is 4.74 Å². The predicted molar refractivity (Wildman–Crippen MR) is 162 cm³/mol. The minimum atomic E-state index is -0.443. The first-order valence-corrected chi connectivity index (χ1v) is 14.2. The molecule has 0 bridgehead atoms. The minimum Gasteiger partial charge on any atom is -0.394 e. The fraction of sp³-hybridized carbons (Fsp3) is 0.333. The molecular formula is C33H37FN4O4. The topological polar surface area (TPSA) is 87.0 Å². The highest BCUT2D eigenvalue weighted by Crippen LogP contribution is 2.38. The number of amides is 3. The second-order valence-electron chi connectivity index (χ2n) is 11.1. The van der Waals surface area contributed by atoms with Gasteiger partial charge in [0.25, 0.3) is 5.91 Å². The van der Waals surface area contributed by atoms with Crippen LogP contribution in [0.4, 0.5) is 14.9 Å². The molecule has 3 atom stereocenters. The number of fused-ring (bicyclic) bond motifs is 5. The quantitative estimate of drug-likeness (QED) is 0.330. The van der Waals surface area contributed by atoms with E-state index in [0.29, 0.717) is 17.9 Å². The van der Waals surface area contributed by atoms with Crippen molar-refractivity contribution >= 4 is 28.5 Å². The molecule has 0 aliphatic carbocycles. The molecule has 1 aromatic heterocycles. The molecule has 5 rings (SSSR count). The van der Waals surface area contributed by atoms with Crippen molar-refractivity contribution in [3.05, 3.63) is 89.9 Å². The van der Waals surface area contributed by atoms with Crippen LogP contribution in [0, 0.1) is 11.7 Å². The molecule has 3 aromatic carbocycles. The van der Waals surface area contributed by atoms with Gasteiger partial charge >= 0.3 is 6.03 Å². The molecular weight excluding hydrogens is 535 g/mol. The van der Waals surface area contributed by atoms with Crippen molar-refractivity contribution in [1.29, 1.82) is 0 Å². The van der Waals surface area contributed by atoms with Crippen molar-refractivity contribution in [2.75, 3.05) is 32.1 Å². The second kappa shape index (κ2) is 12.3. The molecule has 0 saturated carbocycles. The summed E-state index contributed by atoms with van der Waals surface area (Å²) >= 11 is 0. The molecule has 0 fully saturated rings. The van der Waals surface area contributed by atoms with E-state index >= 15 is 0 Å². The van der Waals surface area contributed by atoms with Gasteiger partial charge in [-0.1, -0.05) is 49.4 Å². The van der Waals surface area contributed by atoms with Crippen LogP contribution in [0.3, 0.4) is 0 Å². The van der Waals surface area contributed by atoms with Crippen molar-refractivity contribution in [3.63, 3.8) is 0 Å². The molecule has 220 valence electrons. The number of likely N-dealkylation sites (N-methyl/N-ethyl adjacent to an activating group) is 1. The maximum absolute atomic E-state index is 14.4. The number of nitrogens with zero attached hydrogens (tertiary/aromatic N) is 3. The molecule has 42 heavy (non-hydrogen) atoms. The van der Waals surface area contributed by atoms with Gasteiger partial charge in [-0.3, -0.25) is 4.79 Å². The molecule has 3 amide bonds. The molecule has 1 aliphatic rings. The number of ether oxygens (including phenoxy) is 1. The normalized spacial score (nSPS) is 18.1. The van der Waals surface area contributed by atoms with Gasteiger partial charge in [-0.05, 0) is 48.4 Å². The number of urea groups is 1. The number of carbonyl (C=O) groups excluding carboxylic acids is 2. The maximum atomic E-state index is 14.4. The van der Waals surface area contributed by atoms with Crippen molar-refractivity contribution in [1.82, 2.24) is 14.4 Å². The van der Waals surface area contributed by atoms with Gasteiger partial charge in [-0.25, -0.2) is 9.18 Å². The Morgan fingerprint density at radius 2 is 1.81 bits per heavy atom. The first-order chi connectivity index (χ1) is 20.2. The average molecular weight is 573 g/mol. The van der Waals surface area contributed by atoms with Crippen LogP contribution in [0.5, 0.6) is 0 Å². The number of carbonyl (C=O) groups is 2. The monoisotopic (exact) mass is 572 g/mol. The van der Waals surface area contributed by atoms with Gasteiger partial charge in [0.2, 0.25) is 0 Å². The number of benzene rings is 3. The number of aliphatic hydroxyl groups is 1. The average Bonchev–Trinajstić information content (AvgIpc) is 3.29. The molecule has 2 heterocycles. The van der Waals surface area contributed by atoms with E-state index < -0.39 is 12.1 Å². The van der Waals surface area contributed by atoms with Crippen molar-refractivity contribution in [3.8, 4) is 11.1 Å². The van der Waals surface area contributed by atoms with Crippen LogP contribution in [0.15, 0.2) is 72.8 Å². The fourth-order valence-corrected chi connectivity index (χ4v) is 5.63. The molecule has 8 nitrogen and oxygen atoms in total. The van der Waals surface area contributed by atoms with Gasteiger partial charge in [0.05, 0.1) is 25.4 Å². The number of aromatic nitrogens is 1. The van der Waals surface area contributed by atoms with Gasteiger partial charge in [-0.15, -0.1) is 0 Å². The number of halogens is 1. The molecule has 0 unspecified atom stereocenters. The first kappa shape index (κ1) is 29.3. The highest BCUT2D eigenvalue weighted by molar-refractivity contribution is 6.10. The number of anilines is 1. The highest BCUT2D eigenvalue weighted by Gasteiger charge is 2.34. The Balaban J connectivity index is 1.53. The summed E-state index contributed by atoms with van der Waals surface area (Å²) in [6, 6.07) is 20.7. The third-order valence-electron chi connectivity index (χ3n) is 8.12. The van der Waals surface area contributed by atoms with E-state index in [0.717, 1.165) is 27.6 Å². The van der Waals surface area contributed by atoms with Crippen molar-refractivity contribution < 1.29 is 23.8 Å². The van der Waals surface area contributed by atoms with E-state index in [-0.39, 0.29) is 43.4 Å². The fourth-order valence-electron chi connectivity index (χ4n) is 5.63. The van der Waals surface area contributed by atoms with Crippen molar-refractivity contribution in [2.24, 2.45) is 13.0 Å². The lowest BCUT2D eigenvalue weighted by Crippen LogP contribution is -2.48. The highest BCUT2D eigenvalue weighted by atomic mass is 19.1. The van der Waals surface area contributed by atoms with Gasteiger partial charge < -0.3 is 29.5 Å². The van der Waals surface area contributed by atoms with Crippen LogP contribution in [0.2, 0.25) is 0 Å². The first-order valence-electron chi connectivity index (χ1n) is 14.2. The van der Waals surface area contributed by atoms with E-state index in [1.165, 1.54) is 29.2 Å². The molecule has 0 spiro atoms. The summed E-state index contributed by atoms with van der Waals surface area (Å²) < 4.78 is 21.8. The number of aryl methyl sites for hydroxylation is 1. The van der Waals surface area contributed by atoms with Crippen LogP contribution >= 0.6 is 0 Å². The Morgan fingerprint density at radius 1 is 1.12 bits per heavy atom. The lowest BCUT2D eigenvalue weighted by Gasteiger charge is -2.35. The molecule has 1 aliphatic heterocycles. The Morgan fingerprint density at radius 3 is 2.55 bits per heavy atom. The number of aliphatic hydroxyl groups excluding tert-OH is 1. The van der Waals surface area contributed by atoms with E-state index in [1.54, 1.807) is 11.9 Å². The molecule has 4 aromatic rings. The summed E-state index contributed by atoms with van der Waals surface area (Å²) in [6.45, 7) is 4.48. The van der Waals surface area contributed by atoms with Crippen molar-refractivity contribution in [2.45, 2.75) is 32.6 Å². The molecule has 0 saturated heterocycles. The van der Waals surface area contributed by atoms with Gasteiger partial charge in [0.1, 0.15) is 11.5 Å². The van der Waals surface area contributed by atoms with Crippen LogP contribution in [-0.2, 0) is 18.4 Å². The van der Waals surface area contributed by atoms with Gasteiger partial charge in [-0.2, -0.15) is 0 Å². The smallest absolute Gasteiger partial charge is 0.321 e. The predicted octanol–water partition coefficient (Wildman–Crippen LogP) is 5.51. The summed E-state index contributed by atoms with van der Waals surface area (Å²) in [6.07, 6.45) is -0.429. The summed E-state index contributed by atoms with van der Waals surface area (Å²) in [5.41, 5.74) is 4.67. The zero-order chi connectivity index (χ0) is 30.0. The zero-order valence-electron chi connectivity index (χ0n) is 24.4. The molecule has 0 radical (unpaired) electrons. The Bertz CT molecular complexity index is 1580. The second-order valence-corrected chi connectivity index (χ2v) is 11.1. The van der Waals surface area contributed by atoms with Crippen LogP contribution < -0.4 is 5.32 Å². The van der Waals surface area contributed by atoms with E-state index in [1.807, 2.05) is 74.0 Å². The van der Waals surface area contributed by atoms with E-state index in [2.05, 4.69) is 5.32 Å². The summed E-state index contributed by atoms with van der Waals surface area (Å²) in [4.78, 5) is 30.7. The largest absolute Gasteiger partial charge is 0.394 e. The third-order valence-corrected chi connectivity index (χ3v) is 8.12. The third kappa shape index (κ3) is 5.75. The Kier molecular flexibility index (Phi) is 8.61. The Labute approximate surface area is 245 Å². The van der Waals surface area contributed by atoms with Gasteiger partial charge in [0.15, 0.2) is 0 Å². The minimum absolute atomic E-state index is 0.171. The lowest BCUT2D eigenvalue weighted by molar-refractivity contribution is -0.0179. The number of hydrogen-bond donors (Lipinski definition) is 2. The summed E-state index contributed by atoms with van der Waals surface area (Å²) in [5.74, 6) is -0.741. The van der Waals surface area contributed by atoms with Gasteiger partial charge in [0, 0.05) is 55.3 Å². The number of rotatable bonds is 5. The lowest BCUT2D eigenvalue weighted by atomic mass is 9.96. The zero-order valence-corrected chi connectivity index (χ0v) is 24.4. The number of para-hydroxylation sites is 1. The molecule has 2 N–H and O–H groups in total. The van der Waals surface area contributed by atoms with Crippen LogP contribution in [0.25, 0.3) is 22.0 Å². The number of nitrogens with one attached hydrogen (secondary N) is 1.